The number of rotatable bonds is 5. The van der Waals surface area contributed by atoms with Crippen LogP contribution in [0, 0.1) is 5.92 Å². The van der Waals surface area contributed by atoms with E-state index < -0.39 is 15.3 Å². The molecule has 1 amide bonds. The summed E-state index contributed by atoms with van der Waals surface area (Å²) < 4.78 is 28.6. The molecule has 5 nitrogen and oxygen atoms in total. The Morgan fingerprint density at radius 3 is 2.19 bits per heavy atom. The molecule has 0 aliphatic heterocycles. The lowest BCUT2D eigenvalue weighted by Gasteiger charge is -2.32. The van der Waals surface area contributed by atoms with Gasteiger partial charge in [0.15, 0.2) is 0 Å². The Hall–Kier alpha value is -0.140. The Labute approximate surface area is 166 Å². The molecule has 150 valence electrons. The van der Waals surface area contributed by atoms with Crippen molar-refractivity contribution in [2.75, 3.05) is 0 Å². The van der Waals surface area contributed by atoms with E-state index in [0.29, 0.717) is 23.7 Å². The highest BCUT2D eigenvalue weighted by atomic mass is 79.9. The molecule has 3 aliphatic rings. The van der Waals surface area contributed by atoms with E-state index in [1.165, 1.54) is 19.3 Å². The summed E-state index contributed by atoms with van der Waals surface area (Å²) in [4.78, 5) is 13.2. The van der Waals surface area contributed by atoms with Crippen LogP contribution < -0.4 is 10.0 Å². The summed E-state index contributed by atoms with van der Waals surface area (Å²) in [6.45, 7) is 0. The quantitative estimate of drug-likeness (QED) is 0.630. The van der Waals surface area contributed by atoms with Gasteiger partial charge in [0.2, 0.25) is 15.9 Å². The highest BCUT2D eigenvalue weighted by Crippen LogP contribution is 2.31. The number of carbonyl (C=O) groups excluding carboxylic acids is 1. The fraction of sp³-hybridized carbons (Fsp3) is 0.947. The lowest BCUT2D eigenvalue weighted by Crippen LogP contribution is -2.47. The second kappa shape index (κ2) is 9.37. The lowest BCUT2D eigenvalue weighted by atomic mass is 9.87. The van der Waals surface area contributed by atoms with Crippen molar-refractivity contribution < 1.29 is 13.2 Å². The molecule has 2 unspecified atom stereocenters. The van der Waals surface area contributed by atoms with Gasteiger partial charge in [0.25, 0.3) is 0 Å². The average molecular weight is 449 g/mol. The number of hydrogen-bond acceptors (Lipinski definition) is 3. The number of alkyl halides is 1. The third kappa shape index (κ3) is 5.68. The Bertz CT molecular complexity index is 569. The predicted octanol–water partition coefficient (Wildman–Crippen LogP) is 3.62. The van der Waals surface area contributed by atoms with Gasteiger partial charge in [0.05, 0.1) is 5.25 Å². The van der Waals surface area contributed by atoms with E-state index in [9.17, 15) is 13.2 Å². The molecule has 3 rings (SSSR count). The molecule has 0 heterocycles. The van der Waals surface area contributed by atoms with Crippen molar-refractivity contribution >= 4 is 31.9 Å². The number of nitrogens with one attached hydrogen (secondary N) is 2. The van der Waals surface area contributed by atoms with Crippen molar-refractivity contribution in [3.63, 3.8) is 0 Å². The molecule has 0 bridgehead atoms. The van der Waals surface area contributed by atoms with Crippen LogP contribution in [-0.4, -0.2) is 36.5 Å². The van der Waals surface area contributed by atoms with Crippen LogP contribution in [0.4, 0.5) is 0 Å². The predicted molar refractivity (Wildman–Crippen MR) is 108 cm³/mol. The SMILES string of the molecule is O=C(NC1CCCCC1)C1CCCC(S(=O)(=O)NC2CCC(Br)CC2)C1. The fourth-order valence-corrected chi connectivity index (χ4v) is 7.11. The summed E-state index contributed by atoms with van der Waals surface area (Å²) in [5, 5.41) is 2.77. The Kier molecular flexibility index (Phi) is 7.42. The van der Waals surface area contributed by atoms with E-state index in [4.69, 9.17) is 0 Å². The number of halogens is 1. The summed E-state index contributed by atoms with van der Waals surface area (Å²) in [6.07, 6.45) is 12.4. The van der Waals surface area contributed by atoms with E-state index in [-0.39, 0.29) is 17.9 Å². The van der Waals surface area contributed by atoms with Crippen LogP contribution in [0.5, 0.6) is 0 Å². The van der Waals surface area contributed by atoms with E-state index in [2.05, 4.69) is 26.0 Å². The van der Waals surface area contributed by atoms with Crippen molar-refractivity contribution in [3.05, 3.63) is 0 Å². The molecular weight excluding hydrogens is 416 g/mol. The van der Waals surface area contributed by atoms with Crippen molar-refractivity contribution in [2.45, 2.75) is 106 Å². The van der Waals surface area contributed by atoms with Crippen LogP contribution in [0.25, 0.3) is 0 Å². The molecule has 0 radical (unpaired) electrons. The van der Waals surface area contributed by atoms with E-state index in [0.717, 1.165) is 51.4 Å². The molecule has 0 spiro atoms. The lowest BCUT2D eigenvalue weighted by molar-refractivity contribution is -0.126. The second-order valence-electron chi connectivity index (χ2n) is 8.44. The second-order valence-corrected chi connectivity index (χ2v) is 11.7. The van der Waals surface area contributed by atoms with Gasteiger partial charge in [-0.1, -0.05) is 41.6 Å². The van der Waals surface area contributed by atoms with Gasteiger partial charge < -0.3 is 5.32 Å². The molecule has 7 heteroatoms. The van der Waals surface area contributed by atoms with E-state index in [1.807, 2.05) is 0 Å². The first-order valence-corrected chi connectivity index (χ1v) is 12.9. The van der Waals surface area contributed by atoms with Gasteiger partial charge in [-0.2, -0.15) is 0 Å². The molecular formula is C19H33BrN2O3S. The standard InChI is InChI=1S/C19H33BrN2O3S/c20-15-9-11-17(12-10-15)22-26(24,25)18-8-4-5-14(13-18)19(23)21-16-6-2-1-3-7-16/h14-18,22H,1-13H2,(H,21,23). The van der Waals surface area contributed by atoms with Crippen molar-refractivity contribution in [3.8, 4) is 0 Å². The van der Waals surface area contributed by atoms with Gasteiger partial charge >= 0.3 is 0 Å². The maximum atomic E-state index is 12.8. The normalized spacial score (nSPS) is 34.3. The van der Waals surface area contributed by atoms with Gasteiger partial charge in [-0.15, -0.1) is 0 Å². The fourth-order valence-electron chi connectivity index (χ4n) is 4.73. The molecule has 3 saturated carbocycles. The monoisotopic (exact) mass is 448 g/mol. The minimum absolute atomic E-state index is 0.0604. The number of carbonyl (C=O) groups is 1. The van der Waals surface area contributed by atoms with Gasteiger partial charge in [-0.05, 0) is 57.8 Å². The van der Waals surface area contributed by atoms with Crippen LogP contribution in [-0.2, 0) is 14.8 Å². The number of hydrogen-bond donors (Lipinski definition) is 2. The molecule has 0 aromatic rings. The average Bonchev–Trinajstić information content (AvgIpc) is 2.64. The summed E-state index contributed by atoms with van der Waals surface area (Å²) >= 11 is 3.61. The first-order chi connectivity index (χ1) is 12.4. The number of sulfonamides is 1. The minimum Gasteiger partial charge on any atom is -0.353 e. The summed E-state index contributed by atoms with van der Waals surface area (Å²) in [5.74, 6) is -0.0675. The molecule has 3 fully saturated rings. The van der Waals surface area contributed by atoms with Gasteiger partial charge in [-0.3, -0.25) is 4.79 Å². The molecule has 0 aromatic carbocycles. The first-order valence-electron chi connectivity index (χ1n) is 10.4. The third-order valence-electron chi connectivity index (χ3n) is 6.37. The minimum atomic E-state index is -3.35. The molecule has 2 atom stereocenters. The third-order valence-corrected chi connectivity index (χ3v) is 9.26. The van der Waals surface area contributed by atoms with E-state index in [1.54, 1.807) is 0 Å². The molecule has 0 saturated heterocycles. The molecule has 26 heavy (non-hydrogen) atoms. The van der Waals surface area contributed by atoms with Crippen LogP contribution in [0.2, 0.25) is 0 Å². The zero-order chi connectivity index (χ0) is 18.6. The Morgan fingerprint density at radius 2 is 1.50 bits per heavy atom. The van der Waals surface area contributed by atoms with Crippen LogP contribution in [0.15, 0.2) is 0 Å². The zero-order valence-corrected chi connectivity index (χ0v) is 18.0. The molecule has 2 N–H and O–H groups in total. The van der Waals surface area contributed by atoms with Crippen LogP contribution in [0.3, 0.4) is 0 Å². The van der Waals surface area contributed by atoms with Crippen LogP contribution >= 0.6 is 15.9 Å². The highest BCUT2D eigenvalue weighted by Gasteiger charge is 2.36. The number of amides is 1. The smallest absolute Gasteiger partial charge is 0.223 e. The first kappa shape index (κ1) is 20.6. The van der Waals surface area contributed by atoms with Crippen molar-refractivity contribution in [1.29, 1.82) is 0 Å². The summed E-state index contributed by atoms with van der Waals surface area (Å²) in [6, 6.07) is 0.357. The van der Waals surface area contributed by atoms with Crippen molar-refractivity contribution in [2.24, 2.45) is 5.92 Å². The van der Waals surface area contributed by atoms with Gasteiger partial charge in [0.1, 0.15) is 0 Å². The summed E-state index contributed by atoms with van der Waals surface area (Å²) in [5.41, 5.74) is 0. The van der Waals surface area contributed by atoms with E-state index >= 15 is 0 Å². The maximum Gasteiger partial charge on any atom is 0.223 e. The van der Waals surface area contributed by atoms with Gasteiger partial charge in [0, 0.05) is 22.8 Å². The topological polar surface area (TPSA) is 75.3 Å². The largest absolute Gasteiger partial charge is 0.353 e. The Balaban J connectivity index is 1.52. The Morgan fingerprint density at radius 1 is 0.808 bits per heavy atom. The molecule has 0 aromatic heterocycles. The van der Waals surface area contributed by atoms with Gasteiger partial charge in [-0.25, -0.2) is 13.1 Å². The zero-order valence-electron chi connectivity index (χ0n) is 15.6. The summed E-state index contributed by atoms with van der Waals surface area (Å²) in [7, 11) is -3.35. The molecule has 3 aliphatic carbocycles. The van der Waals surface area contributed by atoms with Crippen LogP contribution in [0.1, 0.15) is 83.5 Å². The maximum absolute atomic E-state index is 12.8. The van der Waals surface area contributed by atoms with Crippen molar-refractivity contribution in [1.82, 2.24) is 10.0 Å². The highest BCUT2D eigenvalue weighted by molar-refractivity contribution is 9.09.